The summed E-state index contributed by atoms with van der Waals surface area (Å²) >= 11 is 0. The number of nitrogens with two attached hydrogens (primary N) is 1. The second kappa shape index (κ2) is 4.73. The van der Waals surface area contributed by atoms with Crippen LogP contribution < -0.4 is 10.6 Å². The lowest BCUT2D eigenvalue weighted by Gasteiger charge is -2.18. The highest BCUT2D eigenvalue weighted by molar-refractivity contribution is 5.52. The number of aromatic nitrogens is 1. The molecule has 2 heterocycles. The van der Waals surface area contributed by atoms with E-state index < -0.39 is 0 Å². The number of hydrogen-bond acceptors (Lipinski definition) is 3. The second-order valence-electron chi connectivity index (χ2n) is 4.79. The fourth-order valence-corrected chi connectivity index (χ4v) is 2.41. The molecule has 16 heavy (non-hydrogen) atoms. The molecule has 0 radical (unpaired) electrons. The van der Waals surface area contributed by atoms with Crippen molar-refractivity contribution in [3.05, 3.63) is 17.8 Å². The van der Waals surface area contributed by atoms with E-state index in [4.69, 9.17) is 5.73 Å². The van der Waals surface area contributed by atoms with Crippen LogP contribution in [0.4, 0.5) is 11.5 Å². The Hall–Kier alpha value is -1.25. The Morgan fingerprint density at radius 3 is 3.06 bits per heavy atom. The third-order valence-corrected chi connectivity index (χ3v) is 3.44. The first kappa shape index (κ1) is 11.2. The lowest BCUT2D eigenvalue weighted by Crippen LogP contribution is -2.21. The molecule has 88 valence electrons. The molecule has 1 saturated heterocycles. The number of nitrogen functional groups attached to an aromatic ring is 1. The van der Waals surface area contributed by atoms with Gasteiger partial charge in [0.05, 0.1) is 11.9 Å². The largest absolute Gasteiger partial charge is 0.397 e. The Bertz CT molecular complexity index is 362. The van der Waals surface area contributed by atoms with Crippen LogP contribution in [-0.4, -0.2) is 18.1 Å². The zero-order valence-electron chi connectivity index (χ0n) is 10.2. The summed E-state index contributed by atoms with van der Waals surface area (Å²) in [6.45, 7) is 6.60. The first-order valence-corrected chi connectivity index (χ1v) is 6.17. The smallest absolute Gasteiger partial charge is 0.128 e. The van der Waals surface area contributed by atoms with Crippen molar-refractivity contribution < 1.29 is 0 Å². The summed E-state index contributed by atoms with van der Waals surface area (Å²) in [5.74, 6) is 1.94. The number of aryl methyl sites for hydroxylation is 1. The van der Waals surface area contributed by atoms with E-state index in [1.807, 2.05) is 6.92 Å². The number of anilines is 2. The van der Waals surface area contributed by atoms with Crippen LogP contribution in [0.3, 0.4) is 0 Å². The van der Waals surface area contributed by atoms with Crippen molar-refractivity contribution >= 4 is 11.5 Å². The molecule has 0 bridgehead atoms. The summed E-state index contributed by atoms with van der Waals surface area (Å²) < 4.78 is 0. The average molecular weight is 219 g/mol. The van der Waals surface area contributed by atoms with Crippen LogP contribution in [0, 0.1) is 12.8 Å². The van der Waals surface area contributed by atoms with E-state index in [1.54, 1.807) is 6.20 Å². The third kappa shape index (κ3) is 2.29. The van der Waals surface area contributed by atoms with Crippen LogP contribution in [0.1, 0.15) is 31.7 Å². The quantitative estimate of drug-likeness (QED) is 0.849. The Labute approximate surface area is 97.7 Å². The van der Waals surface area contributed by atoms with Crippen molar-refractivity contribution in [1.29, 1.82) is 0 Å². The summed E-state index contributed by atoms with van der Waals surface area (Å²) in [6.07, 6.45) is 5.70. The molecule has 3 heteroatoms. The highest BCUT2D eigenvalue weighted by atomic mass is 15.2. The Kier molecular flexibility index (Phi) is 3.32. The normalized spacial score (nSPS) is 20.4. The van der Waals surface area contributed by atoms with Gasteiger partial charge in [-0.1, -0.05) is 13.3 Å². The lowest BCUT2D eigenvalue weighted by molar-refractivity contribution is 0.529. The average Bonchev–Trinajstić information content (AvgIpc) is 2.71. The predicted molar refractivity (Wildman–Crippen MR) is 68.6 cm³/mol. The van der Waals surface area contributed by atoms with Gasteiger partial charge in [0.1, 0.15) is 5.82 Å². The molecule has 1 aliphatic heterocycles. The molecule has 1 aromatic rings. The number of pyridine rings is 1. The minimum Gasteiger partial charge on any atom is -0.397 e. The Morgan fingerprint density at radius 2 is 2.38 bits per heavy atom. The zero-order valence-corrected chi connectivity index (χ0v) is 10.2. The molecule has 1 fully saturated rings. The van der Waals surface area contributed by atoms with E-state index >= 15 is 0 Å². The van der Waals surface area contributed by atoms with E-state index in [9.17, 15) is 0 Å². The van der Waals surface area contributed by atoms with Gasteiger partial charge < -0.3 is 10.6 Å². The van der Waals surface area contributed by atoms with Crippen LogP contribution in [-0.2, 0) is 0 Å². The highest BCUT2D eigenvalue weighted by Crippen LogP contribution is 2.26. The maximum atomic E-state index is 5.78. The van der Waals surface area contributed by atoms with Crippen molar-refractivity contribution in [3.8, 4) is 0 Å². The second-order valence-corrected chi connectivity index (χ2v) is 4.79. The van der Waals surface area contributed by atoms with Crippen LogP contribution in [0.15, 0.2) is 12.3 Å². The van der Waals surface area contributed by atoms with E-state index in [1.165, 1.54) is 19.3 Å². The summed E-state index contributed by atoms with van der Waals surface area (Å²) in [4.78, 5) is 6.80. The molecule has 0 aromatic carbocycles. The van der Waals surface area contributed by atoms with E-state index in [0.29, 0.717) is 0 Å². The molecular formula is C13H21N3. The van der Waals surface area contributed by atoms with Gasteiger partial charge in [0.15, 0.2) is 0 Å². The lowest BCUT2D eigenvalue weighted by atomic mass is 10.0. The topological polar surface area (TPSA) is 42.1 Å². The maximum absolute atomic E-state index is 5.78. The predicted octanol–water partition coefficient (Wildman–Crippen LogP) is 2.60. The molecule has 1 aliphatic rings. The maximum Gasteiger partial charge on any atom is 0.128 e. The number of nitrogens with zero attached hydrogens (tertiary/aromatic N) is 2. The van der Waals surface area contributed by atoms with Gasteiger partial charge in [-0.25, -0.2) is 4.98 Å². The van der Waals surface area contributed by atoms with Gasteiger partial charge in [0.2, 0.25) is 0 Å². The molecule has 0 spiro atoms. The van der Waals surface area contributed by atoms with Crippen LogP contribution in [0.5, 0.6) is 0 Å². The SMILES string of the molecule is CCCC1CCN(c2cc(C)c(N)cn2)C1. The van der Waals surface area contributed by atoms with E-state index in [-0.39, 0.29) is 0 Å². The molecule has 1 unspecified atom stereocenters. The third-order valence-electron chi connectivity index (χ3n) is 3.44. The molecule has 0 saturated carbocycles. The first-order chi connectivity index (χ1) is 7.70. The molecule has 1 aromatic heterocycles. The van der Waals surface area contributed by atoms with Gasteiger partial charge in [0.25, 0.3) is 0 Å². The molecule has 3 nitrogen and oxygen atoms in total. The molecule has 1 atom stereocenters. The van der Waals surface area contributed by atoms with Gasteiger partial charge in [-0.15, -0.1) is 0 Å². The van der Waals surface area contributed by atoms with Crippen molar-refractivity contribution in [2.45, 2.75) is 33.1 Å². The van der Waals surface area contributed by atoms with Gasteiger partial charge in [-0.05, 0) is 37.3 Å². The summed E-state index contributed by atoms with van der Waals surface area (Å²) in [5, 5.41) is 0. The summed E-state index contributed by atoms with van der Waals surface area (Å²) in [6, 6.07) is 2.10. The van der Waals surface area contributed by atoms with Crippen molar-refractivity contribution in [2.75, 3.05) is 23.7 Å². The van der Waals surface area contributed by atoms with E-state index in [0.717, 1.165) is 36.1 Å². The van der Waals surface area contributed by atoms with Crippen LogP contribution in [0.2, 0.25) is 0 Å². The van der Waals surface area contributed by atoms with Crippen LogP contribution in [0.25, 0.3) is 0 Å². The molecule has 0 aliphatic carbocycles. The molecule has 0 amide bonds. The summed E-state index contributed by atoms with van der Waals surface area (Å²) in [5.41, 5.74) is 7.70. The minimum atomic E-state index is 0.785. The molecule has 2 rings (SSSR count). The fraction of sp³-hybridized carbons (Fsp3) is 0.615. The number of hydrogen-bond donors (Lipinski definition) is 1. The van der Waals surface area contributed by atoms with Gasteiger partial charge in [-0.2, -0.15) is 0 Å². The van der Waals surface area contributed by atoms with Crippen molar-refractivity contribution in [3.63, 3.8) is 0 Å². The fourth-order valence-electron chi connectivity index (χ4n) is 2.41. The Morgan fingerprint density at radius 1 is 1.56 bits per heavy atom. The van der Waals surface area contributed by atoms with Crippen molar-refractivity contribution in [1.82, 2.24) is 4.98 Å². The van der Waals surface area contributed by atoms with Gasteiger partial charge in [0, 0.05) is 13.1 Å². The van der Waals surface area contributed by atoms with Gasteiger partial charge in [-0.3, -0.25) is 0 Å². The monoisotopic (exact) mass is 219 g/mol. The summed E-state index contributed by atoms with van der Waals surface area (Å²) in [7, 11) is 0. The van der Waals surface area contributed by atoms with Gasteiger partial charge >= 0.3 is 0 Å². The van der Waals surface area contributed by atoms with Crippen molar-refractivity contribution in [2.24, 2.45) is 5.92 Å². The van der Waals surface area contributed by atoms with Crippen LogP contribution >= 0.6 is 0 Å². The molecule has 2 N–H and O–H groups in total. The first-order valence-electron chi connectivity index (χ1n) is 6.17. The highest BCUT2D eigenvalue weighted by Gasteiger charge is 2.22. The Balaban J connectivity index is 2.05. The number of rotatable bonds is 3. The minimum absolute atomic E-state index is 0.785. The molecular weight excluding hydrogens is 198 g/mol. The van der Waals surface area contributed by atoms with E-state index in [2.05, 4.69) is 22.9 Å². The standard InChI is InChI=1S/C13H21N3/c1-3-4-11-5-6-16(9-11)13-7-10(2)12(14)8-15-13/h7-8,11H,3-6,9,14H2,1-2H3. The zero-order chi connectivity index (χ0) is 11.5.